The lowest BCUT2D eigenvalue weighted by Gasteiger charge is -2.17. The van der Waals surface area contributed by atoms with Crippen molar-refractivity contribution < 1.29 is 8.42 Å². The Bertz CT molecular complexity index is 482. The molecular formula is C15H20O2S. The molecule has 1 saturated carbocycles. The fourth-order valence-electron chi connectivity index (χ4n) is 2.43. The minimum Gasteiger partial charge on any atom is -0.223 e. The zero-order valence-electron chi connectivity index (χ0n) is 10.6. The molecule has 0 spiro atoms. The third kappa shape index (κ3) is 3.70. The molecule has 0 unspecified atom stereocenters. The highest BCUT2D eigenvalue weighted by molar-refractivity contribution is 7.91. The van der Waals surface area contributed by atoms with Crippen LogP contribution in [0.4, 0.5) is 0 Å². The number of rotatable bonds is 4. The minimum atomic E-state index is -3.15. The molecule has 0 aliphatic heterocycles. The van der Waals surface area contributed by atoms with Gasteiger partial charge in [0.25, 0.3) is 0 Å². The van der Waals surface area contributed by atoms with Gasteiger partial charge < -0.3 is 0 Å². The first-order valence-corrected chi connectivity index (χ1v) is 8.28. The summed E-state index contributed by atoms with van der Waals surface area (Å²) in [5.74, 6) is 0.706. The highest BCUT2D eigenvalue weighted by Gasteiger charge is 2.13. The third-order valence-electron chi connectivity index (χ3n) is 3.48. The zero-order valence-corrected chi connectivity index (χ0v) is 11.4. The Hall–Kier alpha value is -1.09. The summed E-state index contributed by atoms with van der Waals surface area (Å²) in [5, 5.41) is 0. The number of hydrogen-bond donors (Lipinski definition) is 0. The van der Waals surface area contributed by atoms with Gasteiger partial charge in [0.1, 0.15) is 0 Å². The van der Waals surface area contributed by atoms with Gasteiger partial charge in [-0.15, -0.1) is 0 Å². The molecule has 1 fully saturated rings. The van der Waals surface area contributed by atoms with E-state index >= 15 is 0 Å². The monoisotopic (exact) mass is 264 g/mol. The molecule has 0 aromatic heterocycles. The molecular weight excluding hydrogens is 244 g/mol. The van der Waals surface area contributed by atoms with Crippen LogP contribution < -0.4 is 0 Å². The number of allylic oxidation sites excluding steroid dienone is 1. The molecule has 1 aliphatic carbocycles. The van der Waals surface area contributed by atoms with Gasteiger partial charge in [0.05, 0.1) is 10.6 Å². The first-order chi connectivity index (χ1) is 8.68. The number of sulfone groups is 1. The van der Waals surface area contributed by atoms with Gasteiger partial charge in [-0.1, -0.05) is 49.6 Å². The van der Waals surface area contributed by atoms with Gasteiger partial charge in [-0.2, -0.15) is 0 Å². The smallest absolute Gasteiger partial charge is 0.181 e. The fraction of sp³-hybridized carbons (Fsp3) is 0.467. The average Bonchev–Trinajstić information content (AvgIpc) is 2.41. The van der Waals surface area contributed by atoms with Gasteiger partial charge in [0, 0.05) is 0 Å². The Morgan fingerprint density at radius 3 is 2.39 bits per heavy atom. The van der Waals surface area contributed by atoms with E-state index in [-0.39, 0.29) is 5.75 Å². The summed E-state index contributed by atoms with van der Waals surface area (Å²) in [6.45, 7) is 0. The molecule has 1 aromatic rings. The molecule has 2 rings (SSSR count). The standard InChI is InChI=1S/C15H20O2S/c16-18(17,15-11-5-2-6-12-15)13-7-10-14-8-3-1-4-9-14/h2,5-7,10-12,14H,1,3-4,8-9,13H2/b10-7+. The summed E-state index contributed by atoms with van der Waals surface area (Å²) >= 11 is 0. The maximum Gasteiger partial charge on any atom is 0.181 e. The molecule has 98 valence electrons. The largest absolute Gasteiger partial charge is 0.223 e. The van der Waals surface area contributed by atoms with Crippen molar-refractivity contribution in [3.63, 3.8) is 0 Å². The van der Waals surface area contributed by atoms with Crippen LogP contribution in [0.3, 0.4) is 0 Å². The Balaban J connectivity index is 1.95. The van der Waals surface area contributed by atoms with E-state index in [0.717, 1.165) is 0 Å². The van der Waals surface area contributed by atoms with Crippen LogP contribution in [0.5, 0.6) is 0 Å². The molecule has 0 amide bonds. The molecule has 0 atom stereocenters. The number of hydrogen-bond acceptors (Lipinski definition) is 2. The maximum atomic E-state index is 12.0. The summed E-state index contributed by atoms with van der Waals surface area (Å²) in [6.07, 6.45) is 10.2. The molecule has 0 bridgehead atoms. The van der Waals surface area contributed by atoms with E-state index in [4.69, 9.17) is 0 Å². The van der Waals surface area contributed by atoms with Crippen molar-refractivity contribution in [3.8, 4) is 0 Å². The second-order valence-corrected chi connectivity index (χ2v) is 6.95. The van der Waals surface area contributed by atoms with Crippen molar-refractivity contribution in [3.05, 3.63) is 42.5 Å². The van der Waals surface area contributed by atoms with E-state index in [1.807, 2.05) is 12.1 Å². The average molecular weight is 264 g/mol. The van der Waals surface area contributed by atoms with Gasteiger partial charge in [-0.05, 0) is 30.9 Å². The summed E-state index contributed by atoms with van der Waals surface area (Å²) in [4.78, 5) is 0.415. The fourth-order valence-corrected chi connectivity index (χ4v) is 3.55. The Morgan fingerprint density at radius 1 is 1.06 bits per heavy atom. The van der Waals surface area contributed by atoms with Crippen molar-refractivity contribution in [1.82, 2.24) is 0 Å². The summed E-state index contributed by atoms with van der Waals surface area (Å²) in [6, 6.07) is 8.67. The lowest BCUT2D eigenvalue weighted by atomic mass is 9.89. The molecule has 0 N–H and O–H groups in total. The Morgan fingerprint density at radius 2 is 1.72 bits per heavy atom. The summed E-state index contributed by atoms with van der Waals surface area (Å²) < 4.78 is 24.0. The van der Waals surface area contributed by atoms with E-state index < -0.39 is 9.84 Å². The predicted octanol–water partition coefficient (Wildman–Crippen LogP) is 3.60. The molecule has 18 heavy (non-hydrogen) atoms. The summed E-state index contributed by atoms with van der Waals surface area (Å²) in [7, 11) is -3.15. The Kier molecular flexibility index (Phi) is 4.59. The lowest BCUT2D eigenvalue weighted by Crippen LogP contribution is -2.06. The van der Waals surface area contributed by atoms with E-state index in [1.54, 1.807) is 24.3 Å². The predicted molar refractivity (Wildman–Crippen MR) is 74.2 cm³/mol. The molecule has 3 heteroatoms. The van der Waals surface area contributed by atoms with Gasteiger partial charge in [-0.25, -0.2) is 8.42 Å². The van der Waals surface area contributed by atoms with E-state index in [9.17, 15) is 8.42 Å². The van der Waals surface area contributed by atoms with E-state index in [1.165, 1.54) is 32.1 Å². The zero-order chi connectivity index (χ0) is 12.8. The highest BCUT2D eigenvalue weighted by Crippen LogP contribution is 2.24. The van der Waals surface area contributed by atoms with Crippen molar-refractivity contribution >= 4 is 9.84 Å². The van der Waals surface area contributed by atoms with Crippen molar-refractivity contribution in [2.24, 2.45) is 5.92 Å². The number of benzene rings is 1. The van der Waals surface area contributed by atoms with Crippen LogP contribution in [0, 0.1) is 5.92 Å². The molecule has 0 saturated heterocycles. The Labute approximate surface area is 110 Å². The lowest BCUT2D eigenvalue weighted by molar-refractivity contribution is 0.419. The second-order valence-electron chi connectivity index (χ2n) is 4.92. The van der Waals surface area contributed by atoms with Gasteiger partial charge in [-0.3, -0.25) is 0 Å². The van der Waals surface area contributed by atoms with Crippen LogP contribution in [-0.4, -0.2) is 14.2 Å². The quantitative estimate of drug-likeness (QED) is 0.779. The van der Waals surface area contributed by atoms with Crippen LogP contribution in [0.25, 0.3) is 0 Å². The molecule has 1 aliphatic rings. The molecule has 2 nitrogen and oxygen atoms in total. The highest BCUT2D eigenvalue weighted by atomic mass is 32.2. The van der Waals surface area contributed by atoms with Crippen molar-refractivity contribution in [2.45, 2.75) is 37.0 Å². The third-order valence-corrected chi connectivity index (χ3v) is 5.10. The van der Waals surface area contributed by atoms with Gasteiger partial charge in [0.2, 0.25) is 0 Å². The molecule has 1 aromatic carbocycles. The SMILES string of the molecule is O=S(=O)(C/C=C/C1CCCCC1)c1ccccc1. The van der Waals surface area contributed by atoms with Crippen molar-refractivity contribution in [2.75, 3.05) is 5.75 Å². The van der Waals surface area contributed by atoms with E-state index in [0.29, 0.717) is 10.8 Å². The van der Waals surface area contributed by atoms with E-state index in [2.05, 4.69) is 6.08 Å². The van der Waals surface area contributed by atoms with Gasteiger partial charge >= 0.3 is 0 Å². The normalized spacial score (nSPS) is 18.2. The minimum absolute atomic E-state index is 0.119. The second kappa shape index (κ2) is 6.19. The van der Waals surface area contributed by atoms with Crippen LogP contribution >= 0.6 is 0 Å². The summed E-state index contributed by atoms with van der Waals surface area (Å²) in [5.41, 5.74) is 0. The molecule has 0 heterocycles. The first-order valence-electron chi connectivity index (χ1n) is 6.63. The maximum absolute atomic E-state index is 12.0. The van der Waals surface area contributed by atoms with Crippen LogP contribution in [-0.2, 0) is 9.84 Å². The van der Waals surface area contributed by atoms with Crippen LogP contribution in [0.15, 0.2) is 47.4 Å². The van der Waals surface area contributed by atoms with Gasteiger partial charge in [0.15, 0.2) is 9.84 Å². The van der Waals surface area contributed by atoms with Crippen LogP contribution in [0.2, 0.25) is 0 Å². The first kappa shape index (κ1) is 13.3. The topological polar surface area (TPSA) is 34.1 Å². The van der Waals surface area contributed by atoms with Crippen molar-refractivity contribution in [1.29, 1.82) is 0 Å². The van der Waals surface area contributed by atoms with Crippen LogP contribution in [0.1, 0.15) is 32.1 Å². The molecule has 0 radical (unpaired) electrons.